The van der Waals surface area contributed by atoms with Crippen LogP contribution in [0.2, 0.25) is 0 Å². The number of carbonyl (C=O) groups excluding carboxylic acids is 1. The average molecular weight is 200 g/mol. The molecule has 0 spiro atoms. The van der Waals surface area contributed by atoms with E-state index in [0.29, 0.717) is 4.88 Å². The number of rotatable bonds is 3. The Morgan fingerprint density at radius 2 is 2.54 bits per heavy atom. The average Bonchev–Trinajstić information content (AvgIpc) is 2.57. The summed E-state index contributed by atoms with van der Waals surface area (Å²) in [6.07, 6.45) is 1.17. The lowest BCUT2D eigenvalue weighted by Gasteiger charge is -1.96. The van der Waals surface area contributed by atoms with Gasteiger partial charge >= 0.3 is 5.97 Å². The van der Waals surface area contributed by atoms with Crippen LogP contribution in [0.3, 0.4) is 0 Å². The summed E-state index contributed by atoms with van der Waals surface area (Å²) in [6, 6.07) is 3.51. The van der Waals surface area contributed by atoms with Crippen LogP contribution in [0.4, 0.5) is 4.39 Å². The summed E-state index contributed by atoms with van der Waals surface area (Å²) < 4.78 is 17.4. The van der Waals surface area contributed by atoms with Crippen LogP contribution in [0.1, 0.15) is 11.8 Å². The van der Waals surface area contributed by atoms with Crippen LogP contribution in [0, 0.1) is 0 Å². The molecule has 0 fully saturated rings. The maximum Gasteiger partial charge on any atom is 0.367 e. The monoisotopic (exact) mass is 200 g/mol. The zero-order valence-corrected chi connectivity index (χ0v) is 7.94. The molecule has 0 bridgehead atoms. The molecule has 70 valence electrons. The molecule has 4 heteroatoms. The fourth-order valence-corrected chi connectivity index (χ4v) is 1.40. The van der Waals surface area contributed by atoms with Crippen LogP contribution >= 0.6 is 11.3 Å². The molecule has 0 aliphatic carbocycles. The number of ether oxygens (including phenoxy) is 1. The minimum absolute atomic E-state index is 0.185. The van der Waals surface area contributed by atoms with Crippen molar-refractivity contribution in [3.8, 4) is 0 Å². The molecule has 1 aromatic rings. The van der Waals surface area contributed by atoms with Crippen LogP contribution in [-0.2, 0) is 9.53 Å². The summed E-state index contributed by atoms with van der Waals surface area (Å²) in [5.41, 5.74) is 0. The van der Waals surface area contributed by atoms with Crippen molar-refractivity contribution < 1.29 is 13.9 Å². The van der Waals surface area contributed by atoms with E-state index in [1.54, 1.807) is 19.1 Å². The molecule has 0 aliphatic heterocycles. The lowest BCUT2D eigenvalue weighted by atomic mass is 10.4. The molecule has 1 heterocycles. The molecule has 0 saturated carbocycles. The fraction of sp³-hybridized carbons (Fsp3) is 0.222. The topological polar surface area (TPSA) is 26.3 Å². The highest BCUT2D eigenvalue weighted by Gasteiger charge is 2.08. The normalized spacial score (nSPS) is 11.4. The lowest BCUT2D eigenvalue weighted by Crippen LogP contribution is -2.03. The van der Waals surface area contributed by atoms with Gasteiger partial charge in [0.2, 0.25) is 5.83 Å². The van der Waals surface area contributed by atoms with Gasteiger partial charge in [-0.3, -0.25) is 0 Å². The third-order valence-corrected chi connectivity index (χ3v) is 2.10. The maximum absolute atomic E-state index is 12.9. The molecular formula is C9H9FO2S. The van der Waals surface area contributed by atoms with Crippen molar-refractivity contribution in [3.05, 3.63) is 28.2 Å². The Morgan fingerprint density at radius 3 is 3.08 bits per heavy atom. The minimum atomic E-state index is -0.907. The SMILES string of the molecule is CCOC(=O)C(F)=Cc1cccs1. The molecule has 2 nitrogen and oxygen atoms in total. The first-order valence-corrected chi connectivity index (χ1v) is 4.70. The van der Waals surface area contributed by atoms with E-state index in [0.717, 1.165) is 0 Å². The Morgan fingerprint density at radius 1 is 1.77 bits per heavy atom. The molecule has 1 rings (SSSR count). The largest absolute Gasteiger partial charge is 0.461 e. The molecular weight excluding hydrogens is 191 g/mol. The standard InChI is InChI=1S/C9H9FO2S/c1-2-12-9(11)8(10)6-7-4-3-5-13-7/h3-6H,2H2,1H3. The first kappa shape index (κ1) is 9.92. The van der Waals surface area contributed by atoms with Gasteiger partial charge in [-0.25, -0.2) is 4.79 Å². The van der Waals surface area contributed by atoms with E-state index in [1.807, 2.05) is 5.38 Å². The van der Waals surface area contributed by atoms with E-state index in [-0.39, 0.29) is 6.61 Å². The highest BCUT2D eigenvalue weighted by atomic mass is 32.1. The van der Waals surface area contributed by atoms with Crippen LogP contribution in [0.15, 0.2) is 23.3 Å². The third kappa shape index (κ3) is 2.99. The molecule has 1 aromatic heterocycles. The van der Waals surface area contributed by atoms with E-state index in [4.69, 9.17) is 0 Å². The number of thiophene rings is 1. The molecule has 0 radical (unpaired) electrons. The van der Waals surface area contributed by atoms with Crippen molar-refractivity contribution in [1.29, 1.82) is 0 Å². The number of halogens is 1. The molecule has 0 aliphatic rings. The predicted octanol–water partition coefficient (Wildman–Crippen LogP) is 2.62. The fourth-order valence-electron chi connectivity index (χ4n) is 0.757. The van der Waals surface area contributed by atoms with Crippen molar-refractivity contribution >= 4 is 23.4 Å². The van der Waals surface area contributed by atoms with Gasteiger partial charge in [0, 0.05) is 4.88 Å². The first-order valence-electron chi connectivity index (χ1n) is 3.82. The molecule has 0 amide bonds. The smallest absolute Gasteiger partial charge is 0.367 e. The van der Waals surface area contributed by atoms with Crippen molar-refractivity contribution in [2.75, 3.05) is 6.61 Å². The highest BCUT2D eigenvalue weighted by Crippen LogP contribution is 2.14. The Balaban J connectivity index is 2.66. The molecule has 0 unspecified atom stereocenters. The van der Waals surface area contributed by atoms with E-state index < -0.39 is 11.8 Å². The summed E-state index contributed by atoms with van der Waals surface area (Å²) in [7, 11) is 0. The summed E-state index contributed by atoms with van der Waals surface area (Å²) in [6.45, 7) is 1.82. The Labute approximate surface area is 79.6 Å². The number of hydrogen-bond donors (Lipinski definition) is 0. The van der Waals surface area contributed by atoms with Gasteiger partial charge in [-0.2, -0.15) is 4.39 Å². The Hall–Kier alpha value is -1.16. The third-order valence-electron chi connectivity index (χ3n) is 1.28. The first-order chi connectivity index (χ1) is 6.24. The minimum Gasteiger partial charge on any atom is -0.461 e. The van der Waals surface area contributed by atoms with Gasteiger partial charge in [0.15, 0.2) is 0 Å². The summed E-state index contributed by atoms with van der Waals surface area (Å²) in [4.78, 5) is 11.5. The zero-order chi connectivity index (χ0) is 9.68. The summed E-state index contributed by atoms with van der Waals surface area (Å²) in [5.74, 6) is -1.76. The van der Waals surface area contributed by atoms with Crippen LogP contribution in [0.25, 0.3) is 6.08 Å². The molecule has 0 aromatic carbocycles. The maximum atomic E-state index is 12.9. The van der Waals surface area contributed by atoms with E-state index in [2.05, 4.69) is 4.74 Å². The van der Waals surface area contributed by atoms with Crippen molar-refractivity contribution in [2.24, 2.45) is 0 Å². The summed E-state index contributed by atoms with van der Waals surface area (Å²) in [5, 5.41) is 1.81. The quantitative estimate of drug-likeness (QED) is 0.553. The van der Waals surface area contributed by atoms with E-state index in [1.165, 1.54) is 17.4 Å². The highest BCUT2D eigenvalue weighted by molar-refractivity contribution is 7.10. The van der Waals surface area contributed by atoms with Crippen molar-refractivity contribution in [2.45, 2.75) is 6.92 Å². The second-order valence-corrected chi connectivity index (χ2v) is 3.21. The van der Waals surface area contributed by atoms with E-state index >= 15 is 0 Å². The lowest BCUT2D eigenvalue weighted by molar-refractivity contribution is -0.140. The van der Waals surface area contributed by atoms with Gasteiger partial charge in [-0.05, 0) is 24.4 Å². The molecule has 0 atom stereocenters. The van der Waals surface area contributed by atoms with Gasteiger partial charge in [0.1, 0.15) is 0 Å². The number of hydrogen-bond acceptors (Lipinski definition) is 3. The van der Waals surface area contributed by atoms with Crippen LogP contribution in [0.5, 0.6) is 0 Å². The Kier molecular flexibility index (Phi) is 3.64. The van der Waals surface area contributed by atoms with Crippen LogP contribution < -0.4 is 0 Å². The van der Waals surface area contributed by atoms with Crippen molar-refractivity contribution in [3.63, 3.8) is 0 Å². The molecule has 0 saturated heterocycles. The summed E-state index contributed by atoms with van der Waals surface area (Å²) >= 11 is 1.36. The zero-order valence-electron chi connectivity index (χ0n) is 7.12. The Bertz CT molecular complexity index is 303. The van der Waals surface area contributed by atoms with Gasteiger partial charge in [-0.1, -0.05) is 6.07 Å². The van der Waals surface area contributed by atoms with Gasteiger partial charge in [-0.15, -0.1) is 11.3 Å². The van der Waals surface area contributed by atoms with Gasteiger partial charge in [0.25, 0.3) is 0 Å². The second kappa shape index (κ2) is 4.77. The number of carbonyl (C=O) groups is 1. The molecule has 0 N–H and O–H groups in total. The molecule has 13 heavy (non-hydrogen) atoms. The van der Waals surface area contributed by atoms with E-state index in [9.17, 15) is 9.18 Å². The second-order valence-electron chi connectivity index (χ2n) is 2.23. The van der Waals surface area contributed by atoms with Gasteiger partial charge < -0.3 is 4.74 Å². The predicted molar refractivity (Wildman–Crippen MR) is 50.0 cm³/mol. The van der Waals surface area contributed by atoms with Crippen molar-refractivity contribution in [1.82, 2.24) is 0 Å². The van der Waals surface area contributed by atoms with Gasteiger partial charge in [0.05, 0.1) is 6.61 Å². The van der Waals surface area contributed by atoms with Crippen LogP contribution in [-0.4, -0.2) is 12.6 Å². The number of esters is 1.